The maximum atomic E-state index is 12.3. The number of hydrogen-bond donors (Lipinski definition) is 0. The number of carbonyl (C=O) groups is 2. The molecule has 3 aromatic carbocycles. The van der Waals surface area contributed by atoms with Crippen molar-refractivity contribution in [1.29, 1.82) is 0 Å². The molecule has 5 nitrogen and oxygen atoms in total. The Labute approximate surface area is 166 Å². The molecule has 6 heteroatoms. The minimum atomic E-state index is -0.428. The number of fused-ring (bicyclic) bond motifs is 1. The van der Waals surface area contributed by atoms with Gasteiger partial charge in [0, 0.05) is 10.6 Å². The van der Waals surface area contributed by atoms with Gasteiger partial charge >= 0.3 is 0 Å². The Kier molecular flexibility index (Phi) is 4.91. The standard InChI is InChI=1S/C22H15ClN2O3/c23-20-11-4-1-7-16(20)14-28-17-8-5-6-15(12-17)13-24-25-21(26)18-9-2-3-10-19(18)22(25)27/h1-13H,14H2/b24-13-. The van der Waals surface area contributed by atoms with Crippen molar-refractivity contribution in [3.05, 3.63) is 100 Å². The highest BCUT2D eigenvalue weighted by molar-refractivity contribution is 6.31. The number of nitrogens with zero attached hydrogens (tertiary/aromatic N) is 2. The second kappa shape index (κ2) is 7.66. The van der Waals surface area contributed by atoms with Crippen molar-refractivity contribution in [2.75, 3.05) is 0 Å². The van der Waals surface area contributed by atoms with Gasteiger partial charge < -0.3 is 4.74 Å². The molecule has 3 aromatic rings. The molecular formula is C22H15ClN2O3. The Balaban J connectivity index is 1.47. The summed E-state index contributed by atoms with van der Waals surface area (Å²) in [6, 6.07) is 21.4. The van der Waals surface area contributed by atoms with Gasteiger partial charge in [0.05, 0.1) is 17.3 Å². The summed E-state index contributed by atoms with van der Waals surface area (Å²) in [6.45, 7) is 0.332. The molecule has 0 spiro atoms. The topological polar surface area (TPSA) is 59.0 Å². The van der Waals surface area contributed by atoms with Gasteiger partial charge in [0.2, 0.25) is 0 Å². The summed E-state index contributed by atoms with van der Waals surface area (Å²) in [5.41, 5.74) is 2.31. The van der Waals surface area contributed by atoms with Crippen molar-refractivity contribution in [2.45, 2.75) is 6.61 Å². The summed E-state index contributed by atoms with van der Waals surface area (Å²) in [6.07, 6.45) is 1.46. The number of hydrazone groups is 1. The van der Waals surface area contributed by atoms with E-state index in [0.29, 0.717) is 34.1 Å². The van der Waals surface area contributed by atoms with Gasteiger partial charge in [0.15, 0.2) is 0 Å². The number of amides is 2. The van der Waals surface area contributed by atoms with Crippen LogP contribution in [0.15, 0.2) is 77.9 Å². The third kappa shape index (κ3) is 3.52. The van der Waals surface area contributed by atoms with Crippen LogP contribution in [0.4, 0.5) is 0 Å². The zero-order chi connectivity index (χ0) is 19.5. The highest BCUT2D eigenvalue weighted by Crippen LogP contribution is 2.23. The molecule has 28 heavy (non-hydrogen) atoms. The van der Waals surface area contributed by atoms with Gasteiger partial charge in [-0.2, -0.15) is 10.1 Å². The molecule has 0 saturated carbocycles. The van der Waals surface area contributed by atoms with E-state index in [1.165, 1.54) is 6.21 Å². The van der Waals surface area contributed by atoms with Gasteiger partial charge in [-0.15, -0.1) is 0 Å². The summed E-state index contributed by atoms with van der Waals surface area (Å²) in [5.74, 6) is -0.225. The van der Waals surface area contributed by atoms with Crippen molar-refractivity contribution in [3.8, 4) is 5.75 Å². The molecule has 0 aromatic heterocycles. The van der Waals surface area contributed by atoms with Gasteiger partial charge in [-0.1, -0.05) is 54.1 Å². The lowest BCUT2D eigenvalue weighted by molar-refractivity contribution is 0.0660. The largest absolute Gasteiger partial charge is 0.489 e. The van der Waals surface area contributed by atoms with Crippen molar-refractivity contribution in [1.82, 2.24) is 5.01 Å². The lowest BCUT2D eigenvalue weighted by atomic mass is 10.1. The minimum Gasteiger partial charge on any atom is -0.489 e. The van der Waals surface area contributed by atoms with Crippen LogP contribution in [-0.2, 0) is 6.61 Å². The van der Waals surface area contributed by atoms with Crippen molar-refractivity contribution >= 4 is 29.6 Å². The molecule has 1 aliphatic heterocycles. The van der Waals surface area contributed by atoms with E-state index in [2.05, 4.69) is 5.10 Å². The zero-order valence-electron chi connectivity index (χ0n) is 14.7. The summed E-state index contributed by atoms with van der Waals surface area (Å²) in [7, 11) is 0. The first-order valence-electron chi connectivity index (χ1n) is 8.61. The van der Waals surface area contributed by atoms with Crippen LogP contribution in [0.2, 0.25) is 5.02 Å². The Bertz CT molecular complexity index is 1060. The third-order valence-corrected chi connectivity index (χ3v) is 4.67. The highest BCUT2D eigenvalue weighted by atomic mass is 35.5. The second-order valence-corrected chi connectivity index (χ2v) is 6.57. The summed E-state index contributed by atoms with van der Waals surface area (Å²) in [5, 5.41) is 5.60. The van der Waals surface area contributed by atoms with E-state index in [0.717, 1.165) is 10.6 Å². The van der Waals surface area contributed by atoms with E-state index in [9.17, 15) is 9.59 Å². The first-order chi connectivity index (χ1) is 13.6. The fraction of sp³-hybridized carbons (Fsp3) is 0.0455. The Morgan fingerprint density at radius 3 is 2.29 bits per heavy atom. The maximum absolute atomic E-state index is 12.3. The monoisotopic (exact) mass is 390 g/mol. The molecule has 2 amide bonds. The quantitative estimate of drug-likeness (QED) is 0.474. The SMILES string of the molecule is O=C1c2ccccc2C(=O)N1/N=C\c1cccc(OCc2ccccc2Cl)c1. The third-order valence-electron chi connectivity index (χ3n) is 4.31. The lowest BCUT2D eigenvalue weighted by Crippen LogP contribution is -2.23. The van der Waals surface area contributed by atoms with Gasteiger partial charge in [-0.05, 0) is 35.9 Å². The van der Waals surface area contributed by atoms with E-state index >= 15 is 0 Å². The Hall–Kier alpha value is -3.44. The van der Waals surface area contributed by atoms with Gasteiger partial charge in [0.1, 0.15) is 12.4 Å². The Morgan fingerprint density at radius 2 is 1.57 bits per heavy atom. The first kappa shape index (κ1) is 17.9. The number of imide groups is 1. The number of hydrogen-bond acceptors (Lipinski definition) is 4. The molecule has 0 fully saturated rings. The zero-order valence-corrected chi connectivity index (χ0v) is 15.5. The summed E-state index contributed by atoms with van der Waals surface area (Å²) in [4.78, 5) is 24.7. The predicted octanol–water partition coefficient (Wildman–Crippen LogP) is 4.55. The molecule has 138 valence electrons. The highest BCUT2D eigenvalue weighted by Gasteiger charge is 2.35. The van der Waals surface area contributed by atoms with E-state index in [1.807, 2.05) is 42.5 Å². The van der Waals surface area contributed by atoms with Crippen LogP contribution in [0.5, 0.6) is 5.75 Å². The second-order valence-electron chi connectivity index (χ2n) is 6.16. The van der Waals surface area contributed by atoms with Crippen LogP contribution in [0.1, 0.15) is 31.8 Å². The molecule has 0 bridgehead atoms. The molecule has 4 rings (SSSR count). The molecule has 0 unspecified atom stereocenters. The predicted molar refractivity (Wildman–Crippen MR) is 107 cm³/mol. The van der Waals surface area contributed by atoms with Crippen molar-refractivity contribution < 1.29 is 14.3 Å². The van der Waals surface area contributed by atoms with Crippen molar-refractivity contribution in [2.24, 2.45) is 5.10 Å². The lowest BCUT2D eigenvalue weighted by Gasteiger charge is -2.09. The molecule has 0 N–H and O–H groups in total. The van der Waals surface area contributed by atoms with Crippen LogP contribution in [0.25, 0.3) is 0 Å². The molecule has 0 radical (unpaired) electrons. The van der Waals surface area contributed by atoms with Crippen LogP contribution in [0.3, 0.4) is 0 Å². The van der Waals surface area contributed by atoms with E-state index < -0.39 is 11.8 Å². The van der Waals surface area contributed by atoms with Crippen LogP contribution < -0.4 is 4.74 Å². The van der Waals surface area contributed by atoms with E-state index in [4.69, 9.17) is 16.3 Å². The molecule has 0 atom stereocenters. The molecule has 1 heterocycles. The van der Waals surface area contributed by atoms with Crippen LogP contribution >= 0.6 is 11.6 Å². The molecule has 0 saturated heterocycles. The number of ether oxygens (including phenoxy) is 1. The fourth-order valence-electron chi connectivity index (χ4n) is 2.87. The number of halogens is 1. The first-order valence-corrected chi connectivity index (χ1v) is 8.99. The van der Waals surface area contributed by atoms with E-state index in [1.54, 1.807) is 30.3 Å². The number of carbonyl (C=O) groups excluding carboxylic acids is 2. The summed E-state index contributed by atoms with van der Waals surface area (Å²) < 4.78 is 5.78. The number of rotatable bonds is 5. The van der Waals surface area contributed by atoms with Crippen LogP contribution in [0, 0.1) is 0 Å². The van der Waals surface area contributed by atoms with Crippen LogP contribution in [-0.4, -0.2) is 23.0 Å². The summed E-state index contributed by atoms with van der Waals surface area (Å²) >= 11 is 6.14. The average molecular weight is 391 g/mol. The average Bonchev–Trinajstić information content (AvgIpc) is 2.97. The molecular weight excluding hydrogens is 376 g/mol. The fourth-order valence-corrected chi connectivity index (χ4v) is 3.06. The number of benzene rings is 3. The normalized spacial score (nSPS) is 13.2. The van der Waals surface area contributed by atoms with Gasteiger partial charge in [-0.25, -0.2) is 0 Å². The smallest absolute Gasteiger partial charge is 0.282 e. The van der Waals surface area contributed by atoms with Gasteiger partial charge in [-0.3, -0.25) is 9.59 Å². The molecule has 1 aliphatic rings. The molecule has 0 aliphatic carbocycles. The van der Waals surface area contributed by atoms with Gasteiger partial charge in [0.25, 0.3) is 11.8 Å². The maximum Gasteiger partial charge on any atom is 0.282 e. The van der Waals surface area contributed by atoms with E-state index in [-0.39, 0.29) is 0 Å². The van der Waals surface area contributed by atoms with Crippen molar-refractivity contribution in [3.63, 3.8) is 0 Å². The Morgan fingerprint density at radius 1 is 0.893 bits per heavy atom. The minimum absolute atomic E-state index is 0.332.